The molecule has 0 bridgehead atoms. The van der Waals surface area contributed by atoms with Crippen LogP contribution >= 0.6 is 23.2 Å². The fourth-order valence-corrected chi connectivity index (χ4v) is 2.83. The monoisotopic (exact) mass is 319 g/mol. The Balaban J connectivity index is 2.06. The number of halogens is 2. The van der Waals surface area contributed by atoms with Crippen LogP contribution in [0.1, 0.15) is 24.3 Å². The van der Waals surface area contributed by atoms with Crippen LogP contribution in [0.4, 0.5) is 0 Å². The van der Waals surface area contributed by atoms with Crippen LogP contribution in [0.3, 0.4) is 0 Å². The Labute approximate surface area is 133 Å². The predicted octanol–water partition coefficient (Wildman–Crippen LogP) is 5.44. The van der Waals surface area contributed by atoms with Crippen LogP contribution in [-0.2, 0) is 0 Å². The van der Waals surface area contributed by atoms with Gasteiger partial charge in [0.15, 0.2) is 0 Å². The van der Waals surface area contributed by atoms with Gasteiger partial charge in [0.1, 0.15) is 11.3 Å². The number of benzene rings is 2. The Hall–Kier alpha value is -1.48. The largest absolute Gasteiger partial charge is 0.459 e. The number of furan rings is 1. The van der Waals surface area contributed by atoms with Gasteiger partial charge in [0, 0.05) is 15.4 Å². The molecule has 2 aromatic carbocycles. The SMILES string of the molecule is CCNC(c1cccc(Cl)c1)c1cc2cc(Cl)ccc2o1. The summed E-state index contributed by atoms with van der Waals surface area (Å²) in [6.45, 7) is 2.89. The lowest BCUT2D eigenvalue weighted by atomic mass is 10.0. The molecule has 0 spiro atoms. The molecule has 1 atom stereocenters. The average Bonchev–Trinajstić information content (AvgIpc) is 2.87. The second-order valence-electron chi connectivity index (χ2n) is 4.88. The van der Waals surface area contributed by atoms with Gasteiger partial charge in [-0.05, 0) is 48.5 Å². The highest BCUT2D eigenvalue weighted by Gasteiger charge is 2.18. The van der Waals surface area contributed by atoms with Crippen molar-refractivity contribution >= 4 is 34.2 Å². The van der Waals surface area contributed by atoms with Gasteiger partial charge in [-0.2, -0.15) is 0 Å². The van der Waals surface area contributed by atoms with Crippen LogP contribution < -0.4 is 5.32 Å². The maximum absolute atomic E-state index is 6.10. The predicted molar refractivity (Wildman–Crippen MR) is 88.2 cm³/mol. The fourth-order valence-electron chi connectivity index (χ4n) is 2.45. The third-order valence-electron chi connectivity index (χ3n) is 3.37. The summed E-state index contributed by atoms with van der Waals surface area (Å²) >= 11 is 12.1. The van der Waals surface area contributed by atoms with Gasteiger partial charge in [-0.1, -0.05) is 42.3 Å². The van der Waals surface area contributed by atoms with E-state index >= 15 is 0 Å². The first-order valence-electron chi connectivity index (χ1n) is 6.85. The molecule has 0 aliphatic rings. The number of rotatable bonds is 4. The number of hydrogen-bond donors (Lipinski definition) is 1. The first-order chi connectivity index (χ1) is 10.2. The van der Waals surface area contributed by atoms with E-state index in [1.54, 1.807) is 0 Å². The standard InChI is InChI=1S/C17H15Cl2NO/c1-2-20-17(11-4-3-5-13(18)8-11)16-10-12-9-14(19)6-7-15(12)21-16/h3-10,17,20H,2H2,1H3. The molecule has 1 unspecified atom stereocenters. The fraction of sp³-hybridized carbons (Fsp3) is 0.176. The summed E-state index contributed by atoms with van der Waals surface area (Å²) in [6.07, 6.45) is 0. The molecule has 0 saturated carbocycles. The molecule has 1 heterocycles. The average molecular weight is 320 g/mol. The quantitative estimate of drug-likeness (QED) is 0.692. The Bertz CT molecular complexity index is 766. The highest BCUT2D eigenvalue weighted by atomic mass is 35.5. The highest BCUT2D eigenvalue weighted by molar-refractivity contribution is 6.31. The molecule has 0 aliphatic heterocycles. The second-order valence-corrected chi connectivity index (χ2v) is 5.75. The van der Waals surface area contributed by atoms with E-state index in [9.17, 15) is 0 Å². The van der Waals surface area contributed by atoms with Gasteiger partial charge in [0.05, 0.1) is 6.04 Å². The Morgan fingerprint density at radius 2 is 1.86 bits per heavy atom. The first kappa shape index (κ1) is 14.5. The molecule has 0 fully saturated rings. The second kappa shape index (κ2) is 6.10. The summed E-state index contributed by atoms with van der Waals surface area (Å²) < 4.78 is 5.97. The van der Waals surface area contributed by atoms with E-state index in [0.717, 1.165) is 33.9 Å². The van der Waals surface area contributed by atoms with Crippen LogP contribution in [0.2, 0.25) is 10.0 Å². The molecular weight excluding hydrogens is 305 g/mol. The van der Waals surface area contributed by atoms with Gasteiger partial charge in [0.2, 0.25) is 0 Å². The third kappa shape index (κ3) is 3.08. The molecule has 0 amide bonds. The van der Waals surface area contributed by atoms with Crippen molar-refractivity contribution in [3.63, 3.8) is 0 Å². The molecule has 21 heavy (non-hydrogen) atoms. The van der Waals surface area contributed by atoms with Crippen molar-refractivity contribution in [3.05, 3.63) is 69.9 Å². The molecule has 0 radical (unpaired) electrons. The van der Waals surface area contributed by atoms with E-state index < -0.39 is 0 Å². The minimum atomic E-state index is -0.0279. The van der Waals surface area contributed by atoms with Crippen molar-refractivity contribution in [2.45, 2.75) is 13.0 Å². The maximum Gasteiger partial charge on any atom is 0.134 e. The summed E-state index contributed by atoms with van der Waals surface area (Å²) in [7, 11) is 0. The summed E-state index contributed by atoms with van der Waals surface area (Å²) in [6, 6.07) is 15.4. The van der Waals surface area contributed by atoms with Crippen LogP contribution in [0.5, 0.6) is 0 Å². The summed E-state index contributed by atoms with van der Waals surface area (Å²) in [5, 5.41) is 5.86. The lowest BCUT2D eigenvalue weighted by molar-refractivity contribution is 0.477. The molecule has 108 valence electrons. The number of fused-ring (bicyclic) bond motifs is 1. The topological polar surface area (TPSA) is 25.2 Å². The molecule has 3 rings (SSSR count). The van der Waals surface area contributed by atoms with Crippen LogP contribution in [0, 0.1) is 0 Å². The van der Waals surface area contributed by atoms with Gasteiger partial charge in [-0.25, -0.2) is 0 Å². The maximum atomic E-state index is 6.10. The van der Waals surface area contributed by atoms with Crippen molar-refractivity contribution < 1.29 is 4.42 Å². The lowest BCUT2D eigenvalue weighted by Crippen LogP contribution is -2.21. The molecule has 2 nitrogen and oxygen atoms in total. The lowest BCUT2D eigenvalue weighted by Gasteiger charge is -2.16. The van der Waals surface area contributed by atoms with Crippen molar-refractivity contribution in [2.75, 3.05) is 6.54 Å². The van der Waals surface area contributed by atoms with E-state index in [1.165, 1.54) is 0 Å². The van der Waals surface area contributed by atoms with E-state index in [2.05, 4.69) is 12.2 Å². The smallest absolute Gasteiger partial charge is 0.134 e. The number of nitrogens with one attached hydrogen (secondary N) is 1. The van der Waals surface area contributed by atoms with Gasteiger partial charge >= 0.3 is 0 Å². The zero-order valence-electron chi connectivity index (χ0n) is 11.6. The minimum absolute atomic E-state index is 0.0279. The molecular formula is C17H15Cl2NO. The van der Waals surface area contributed by atoms with Gasteiger partial charge in [0.25, 0.3) is 0 Å². The zero-order chi connectivity index (χ0) is 14.8. The third-order valence-corrected chi connectivity index (χ3v) is 3.84. The molecule has 0 saturated heterocycles. The van der Waals surface area contributed by atoms with Gasteiger partial charge in [-0.3, -0.25) is 0 Å². The van der Waals surface area contributed by atoms with Crippen molar-refractivity contribution in [1.82, 2.24) is 5.32 Å². The van der Waals surface area contributed by atoms with Crippen LogP contribution in [-0.4, -0.2) is 6.54 Å². The van der Waals surface area contributed by atoms with E-state index in [4.69, 9.17) is 27.6 Å². The van der Waals surface area contributed by atoms with Crippen molar-refractivity contribution in [3.8, 4) is 0 Å². The summed E-state index contributed by atoms with van der Waals surface area (Å²) in [5.74, 6) is 0.858. The first-order valence-corrected chi connectivity index (χ1v) is 7.61. The summed E-state index contributed by atoms with van der Waals surface area (Å²) in [4.78, 5) is 0. The molecule has 0 aliphatic carbocycles. The van der Waals surface area contributed by atoms with E-state index in [-0.39, 0.29) is 6.04 Å². The van der Waals surface area contributed by atoms with E-state index in [1.807, 2.05) is 48.5 Å². The Morgan fingerprint density at radius 3 is 2.62 bits per heavy atom. The van der Waals surface area contributed by atoms with Crippen molar-refractivity contribution in [2.24, 2.45) is 0 Å². The van der Waals surface area contributed by atoms with Gasteiger partial charge < -0.3 is 9.73 Å². The molecule has 4 heteroatoms. The zero-order valence-corrected chi connectivity index (χ0v) is 13.1. The molecule has 3 aromatic rings. The number of hydrogen-bond acceptors (Lipinski definition) is 2. The minimum Gasteiger partial charge on any atom is -0.459 e. The van der Waals surface area contributed by atoms with E-state index in [0.29, 0.717) is 5.02 Å². The van der Waals surface area contributed by atoms with Crippen molar-refractivity contribution in [1.29, 1.82) is 0 Å². The molecule has 1 aromatic heterocycles. The van der Waals surface area contributed by atoms with Crippen LogP contribution in [0.15, 0.2) is 52.9 Å². The van der Waals surface area contributed by atoms with Gasteiger partial charge in [-0.15, -0.1) is 0 Å². The Morgan fingerprint density at radius 1 is 1.05 bits per heavy atom. The van der Waals surface area contributed by atoms with Crippen LogP contribution in [0.25, 0.3) is 11.0 Å². The molecule has 1 N–H and O–H groups in total. The Kier molecular flexibility index (Phi) is 4.20. The highest BCUT2D eigenvalue weighted by Crippen LogP contribution is 2.30. The normalized spacial score (nSPS) is 12.7. The summed E-state index contributed by atoms with van der Waals surface area (Å²) in [5.41, 5.74) is 1.91.